The number of anilines is 1. The normalized spacial score (nSPS) is 17.7. The van der Waals surface area contributed by atoms with Crippen molar-refractivity contribution in [2.45, 2.75) is 37.6 Å². The number of hydrogen-bond donors (Lipinski definition) is 1. The highest BCUT2D eigenvalue weighted by Crippen LogP contribution is 2.40. The highest BCUT2D eigenvalue weighted by Gasteiger charge is 2.41. The van der Waals surface area contributed by atoms with E-state index in [-0.39, 0.29) is 16.6 Å². The molecule has 8 nitrogen and oxygen atoms in total. The van der Waals surface area contributed by atoms with Gasteiger partial charge in [-0.15, -0.1) is 0 Å². The van der Waals surface area contributed by atoms with Gasteiger partial charge in [0.05, 0.1) is 11.7 Å². The lowest BCUT2D eigenvalue weighted by atomic mass is 10.0. The van der Waals surface area contributed by atoms with Gasteiger partial charge in [0.1, 0.15) is 10.6 Å². The van der Waals surface area contributed by atoms with E-state index in [1.807, 2.05) is 12.1 Å². The highest BCUT2D eigenvalue weighted by molar-refractivity contribution is 7.89. The quantitative estimate of drug-likeness (QED) is 0.669. The van der Waals surface area contributed by atoms with E-state index in [9.17, 15) is 8.42 Å². The van der Waals surface area contributed by atoms with Gasteiger partial charge in [-0.05, 0) is 44.4 Å². The fraction of sp³-hybridized carbons (Fsp3) is 0.316. The lowest BCUT2D eigenvalue weighted by molar-refractivity contribution is 0.381. The zero-order chi connectivity index (χ0) is 20.8. The summed E-state index contributed by atoms with van der Waals surface area (Å²) >= 11 is 6.01. The molecule has 1 fully saturated rings. The van der Waals surface area contributed by atoms with Gasteiger partial charge >= 0.3 is 0 Å². The van der Waals surface area contributed by atoms with E-state index in [1.165, 1.54) is 4.31 Å². The predicted molar refractivity (Wildman–Crippen MR) is 109 cm³/mol. The van der Waals surface area contributed by atoms with Crippen LogP contribution < -0.4 is 5.73 Å². The maximum Gasteiger partial charge on any atom is 0.249 e. The van der Waals surface area contributed by atoms with Crippen LogP contribution in [0, 0.1) is 13.8 Å². The minimum absolute atomic E-state index is 0.0966. The summed E-state index contributed by atoms with van der Waals surface area (Å²) in [5.74, 6) is 0.368. The summed E-state index contributed by atoms with van der Waals surface area (Å²) in [4.78, 5) is 8.66. The van der Waals surface area contributed by atoms with E-state index < -0.39 is 16.1 Å². The molecule has 0 spiro atoms. The predicted octanol–water partition coefficient (Wildman–Crippen LogP) is 3.51. The Kier molecular flexibility index (Phi) is 5.05. The van der Waals surface area contributed by atoms with Crippen LogP contribution in [0.2, 0.25) is 5.02 Å². The zero-order valence-electron chi connectivity index (χ0n) is 16.0. The molecule has 2 aromatic heterocycles. The van der Waals surface area contributed by atoms with E-state index in [1.54, 1.807) is 32.2 Å². The van der Waals surface area contributed by atoms with E-state index in [4.69, 9.17) is 21.9 Å². The van der Waals surface area contributed by atoms with Gasteiger partial charge < -0.3 is 10.3 Å². The van der Waals surface area contributed by atoms with Crippen LogP contribution in [0.1, 0.15) is 36.0 Å². The van der Waals surface area contributed by atoms with Gasteiger partial charge in [-0.2, -0.15) is 4.31 Å². The van der Waals surface area contributed by atoms with Crippen LogP contribution in [0.15, 0.2) is 39.9 Å². The van der Waals surface area contributed by atoms with Crippen molar-refractivity contribution in [2.75, 3.05) is 12.3 Å². The number of nitrogen functional groups attached to an aromatic ring is 1. The smallest absolute Gasteiger partial charge is 0.249 e. The molecule has 2 N–H and O–H groups in total. The highest BCUT2D eigenvalue weighted by atomic mass is 35.5. The van der Waals surface area contributed by atoms with Crippen LogP contribution in [-0.4, -0.2) is 34.4 Å². The molecular formula is C19H20ClN5O3S. The molecule has 1 aromatic carbocycles. The summed E-state index contributed by atoms with van der Waals surface area (Å²) < 4.78 is 33.4. The Hall–Kier alpha value is -2.49. The number of aromatic nitrogens is 3. The van der Waals surface area contributed by atoms with Crippen molar-refractivity contribution in [1.82, 2.24) is 19.4 Å². The van der Waals surface area contributed by atoms with Crippen LogP contribution in [0.25, 0.3) is 11.1 Å². The second-order valence-electron chi connectivity index (χ2n) is 6.96. The molecule has 4 rings (SSSR count). The van der Waals surface area contributed by atoms with Gasteiger partial charge in [-0.3, -0.25) is 0 Å². The second kappa shape index (κ2) is 7.40. The van der Waals surface area contributed by atoms with Crippen LogP contribution in [0.3, 0.4) is 0 Å². The van der Waals surface area contributed by atoms with Crippen molar-refractivity contribution in [3.63, 3.8) is 0 Å². The largest absolute Gasteiger partial charge is 0.368 e. The van der Waals surface area contributed by atoms with Crippen LogP contribution in [0.4, 0.5) is 5.95 Å². The zero-order valence-corrected chi connectivity index (χ0v) is 17.5. The van der Waals surface area contributed by atoms with Gasteiger partial charge in [-0.25, -0.2) is 18.4 Å². The summed E-state index contributed by atoms with van der Waals surface area (Å²) in [7, 11) is -3.82. The average molecular weight is 434 g/mol. The lowest BCUT2D eigenvalue weighted by Gasteiger charge is -2.25. The Morgan fingerprint density at radius 3 is 2.62 bits per heavy atom. The van der Waals surface area contributed by atoms with Crippen LogP contribution in [0.5, 0.6) is 0 Å². The van der Waals surface area contributed by atoms with Crippen molar-refractivity contribution in [3.05, 3.63) is 52.6 Å². The molecule has 1 aliphatic heterocycles. The van der Waals surface area contributed by atoms with Gasteiger partial charge in [0.25, 0.3) is 0 Å². The molecule has 0 saturated carbocycles. The van der Waals surface area contributed by atoms with Gasteiger partial charge in [-0.1, -0.05) is 28.9 Å². The molecule has 0 amide bonds. The molecule has 1 saturated heterocycles. The van der Waals surface area contributed by atoms with E-state index in [0.29, 0.717) is 35.8 Å². The number of sulfonamides is 1. The molecule has 3 heterocycles. The number of nitrogens with two attached hydrogens (primary N) is 1. The lowest BCUT2D eigenvalue weighted by Crippen LogP contribution is -2.32. The van der Waals surface area contributed by atoms with Crippen molar-refractivity contribution in [3.8, 4) is 11.1 Å². The Balaban J connectivity index is 1.82. The topological polar surface area (TPSA) is 115 Å². The van der Waals surface area contributed by atoms with Crippen molar-refractivity contribution < 1.29 is 12.9 Å². The first-order chi connectivity index (χ1) is 13.8. The van der Waals surface area contributed by atoms with Crippen molar-refractivity contribution in [1.29, 1.82) is 0 Å². The third-order valence-electron chi connectivity index (χ3n) is 5.05. The van der Waals surface area contributed by atoms with Gasteiger partial charge in [0.2, 0.25) is 16.0 Å². The van der Waals surface area contributed by atoms with Crippen molar-refractivity contribution >= 4 is 27.6 Å². The molecule has 0 radical (unpaired) electrons. The maximum atomic E-state index is 13.4. The maximum absolute atomic E-state index is 13.4. The Labute approximate surface area is 173 Å². The summed E-state index contributed by atoms with van der Waals surface area (Å²) in [6.45, 7) is 3.59. The monoisotopic (exact) mass is 433 g/mol. The van der Waals surface area contributed by atoms with Gasteiger partial charge in [0, 0.05) is 23.3 Å². The Morgan fingerprint density at radius 1 is 1.24 bits per heavy atom. The second-order valence-corrected chi connectivity index (χ2v) is 9.22. The van der Waals surface area contributed by atoms with E-state index in [2.05, 4.69) is 15.1 Å². The van der Waals surface area contributed by atoms with Crippen molar-refractivity contribution in [2.24, 2.45) is 0 Å². The number of halogens is 1. The minimum atomic E-state index is -3.82. The average Bonchev–Trinajstić information content (AvgIpc) is 3.30. The van der Waals surface area contributed by atoms with E-state index in [0.717, 1.165) is 11.1 Å². The summed E-state index contributed by atoms with van der Waals surface area (Å²) in [6.07, 6.45) is 2.96. The molecule has 0 bridgehead atoms. The Bertz CT molecular complexity index is 1140. The van der Waals surface area contributed by atoms with E-state index >= 15 is 0 Å². The first kappa shape index (κ1) is 19.8. The van der Waals surface area contributed by atoms with Gasteiger partial charge in [0.15, 0.2) is 5.76 Å². The Morgan fingerprint density at radius 2 is 1.97 bits per heavy atom. The third-order valence-corrected chi connectivity index (χ3v) is 7.45. The first-order valence-electron chi connectivity index (χ1n) is 9.12. The summed E-state index contributed by atoms with van der Waals surface area (Å²) in [6, 6.07) is 6.77. The number of nitrogens with zero attached hydrogens (tertiary/aromatic N) is 4. The molecule has 3 aromatic rings. The molecule has 0 aliphatic carbocycles. The third kappa shape index (κ3) is 3.50. The van der Waals surface area contributed by atoms with Crippen LogP contribution in [-0.2, 0) is 10.0 Å². The number of rotatable bonds is 4. The minimum Gasteiger partial charge on any atom is -0.368 e. The number of benzene rings is 1. The molecule has 1 atom stereocenters. The fourth-order valence-corrected chi connectivity index (χ4v) is 5.86. The summed E-state index contributed by atoms with van der Waals surface area (Å²) in [5.41, 5.74) is 8.34. The number of aryl methyl sites for hydroxylation is 2. The number of hydrogen-bond acceptors (Lipinski definition) is 7. The SMILES string of the molecule is Cc1noc(C)c1S(=O)(=O)N1CCC[C@H]1c1nc(N)ncc1-c1ccc(Cl)cc1. The fourth-order valence-electron chi connectivity index (χ4n) is 3.78. The molecule has 1 aliphatic rings. The molecule has 152 valence electrons. The molecule has 0 unspecified atom stereocenters. The first-order valence-corrected chi connectivity index (χ1v) is 10.9. The summed E-state index contributed by atoms with van der Waals surface area (Å²) in [5, 5.41) is 4.41. The standard InChI is InChI=1S/C19H20ClN5O3S/c1-11-18(12(2)28-24-11)29(26,27)25-9-3-4-16(25)17-15(10-22-19(21)23-17)13-5-7-14(20)8-6-13/h5-8,10,16H,3-4,9H2,1-2H3,(H2,21,22,23)/t16-/m0/s1. The molecule has 29 heavy (non-hydrogen) atoms. The molecule has 10 heteroatoms. The molecular weight excluding hydrogens is 414 g/mol. The van der Waals surface area contributed by atoms with Crippen LogP contribution >= 0.6 is 11.6 Å².